The van der Waals surface area contributed by atoms with Gasteiger partial charge in [-0.05, 0) is 68.1 Å². The molecule has 0 amide bonds. The van der Waals surface area contributed by atoms with Crippen molar-refractivity contribution in [3.8, 4) is 0 Å². The van der Waals surface area contributed by atoms with Crippen LogP contribution in [0.1, 0.15) is 65.2 Å². The predicted molar refractivity (Wildman–Crippen MR) is 100 cm³/mol. The number of carbonyl (C=O) groups is 1. The fourth-order valence-electron chi connectivity index (χ4n) is 6.68. The van der Waals surface area contributed by atoms with Crippen molar-refractivity contribution in [3.63, 3.8) is 0 Å². The summed E-state index contributed by atoms with van der Waals surface area (Å²) in [6.45, 7) is 4.74. The van der Waals surface area contributed by atoms with Gasteiger partial charge in [0.05, 0.1) is 0 Å². The highest BCUT2D eigenvalue weighted by atomic mass is 32.2. The molecule has 4 aliphatic rings. The first-order valence-corrected chi connectivity index (χ1v) is 10.5. The van der Waals surface area contributed by atoms with Crippen LogP contribution in [0.3, 0.4) is 0 Å². The molecule has 3 nitrogen and oxygen atoms in total. The van der Waals surface area contributed by atoms with Gasteiger partial charge in [0, 0.05) is 17.1 Å². The van der Waals surface area contributed by atoms with Gasteiger partial charge in [-0.15, -0.1) is 0 Å². The van der Waals surface area contributed by atoms with Crippen molar-refractivity contribution in [2.24, 2.45) is 34.3 Å². The number of ketones is 1. The third-order valence-electron chi connectivity index (χ3n) is 8.06. The Labute approximate surface area is 149 Å². The van der Waals surface area contributed by atoms with Gasteiger partial charge in [0.25, 0.3) is 0 Å². The van der Waals surface area contributed by atoms with Crippen LogP contribution in [-0.4, -0.2) is 16.2 Å². The van der Waals surface area contributed by atoms with Gasteiger partial charge in [-0.25, -0.2) is 0 Å². The predicted octanol–water partition coefficient (Wildman–Crippen LogP) is 4.51. The largest absolute Gasteiger partial charge is 0.379 e. The highest BCUT2D eigenvalue weighted by Crippen LogP contribution is 2.64. The van der Waals surface area contributed by atoms with Crippen LogP contribution in [-0.2, 0) is 4.79 Å². The summed E-state index contributed by atoms with van der Waals surface area (Å²) in [6.07, 6.45) is 11.4. The van der Waals surface area contributed by atoms with Crippen LogP contribution in [0.2, 0.25) is 0 Å². The Balaban J connectivity index is 1.60. The second-order valence-corrected chi connectivity index (χ2v) is 10.4. The molecule has 4 heteroatoms. The first kappa shape index (κ1) is 16.7. The van der Waals surface area contributed by atoms with Crippen LogP contribution in [0.25, 0.3) is 0 Å². The molecule has 0 unspecified atom stereocenters. The number of fused-ring (bicyclic) bond motifs is 5. The van der Waals surface area contributed by atoms with E-state index in [1.165, 1.54) is 25.7 Å². The van der Waals surface area contributed by atoms with Crippen molar-refractivity contribution >= 4 is 22.7 Å². The molecule has 0 aromatic heterocycles. The molecule has 6 atom stereocenters. The molecule has 0 spiro atoms. The van der Waals surface area contributed by atoms with E-state index in [2.05, 4.69) is 19.9 Å². The number of carbonyl (C=O) groups excluding carboxylic acids is 1. The van der Waals surface area contributed by atoms with Gasteiger partial charge in [-0.1, -0.05) is 37.3 Å². The van der Waals surface area contributed by atoms with Crippen molar-refractivity contribution in [1.82, 2.24) is 0 Å². The van der Waals surface area contributed by atoms with Gasteiger partial charge in [-0.3, -0.25) is 10.2 Å². The van der Waals surface area contributed by atoms with Gasteiger partial charge in [-0.2, -0.15) is 0 Å². The van der Waals surface area contributed by atoms with Crippen LogP contribution in [0, 0.1) is 34.0 Å². The number of amidine groups is 1. The minimum Gasteiger partial charge on any atom is -0.379 e. The Kier molecular flexibility index (Phi) is 3.91. The topological polar surface area (TPSA) is 66.9 Å². The first-order valence-electron chi connectivity index (χ1n) is 9.58. The summed E-state index contributed by atoms with van der Waals surface area (Å²) in [6, 6.07) is 0. The van der Waals surface area contributed by atoms with Crippen molar-refractivity contribution in [1.29, 1.82) is 5.41 Å². The highest BCUT2D eigenvalue weighted by Gasteiger charge is 2.58. The van der Waals surface area contributed by atoms with E-state index in [1.54, 1.807) is 17.3 Å². The molecule has 0 saturated heterocycles. The standard InChI is InChI=1S/C20H30N2OS/c1-19-9-7-13(24-18(21)22)11-12(19)3-4-14-15-5-6-17(23)20(15,2)10-8-16(14)19/h3,13-16H,4-11H2,1-2H3,(H3,21,22)/t13-,14+,15+,16+,19+,20+/m1/s1. The lowest BCUT2D eigenvalue weighted by atomic mass is 9.48. The van der Waals surface area contributed by atoms with E-state index in [9.17, 15) is 4.79 Å². The summed E-state index contributed by atoms with van der Waals surface area (Å²) in [5, 5.41) is 8.31. The Morgan fingerprint density at radius 3 is 2.67 bits per heavy atom. The second-order valence-electron chi connectivity index (χ2n) is 9.02. The Hall–Kier alpha value is -0.770. The molecule has 0 aromatic rings. The average molecular weight is 347 g/mol. The summed E-state index contributed by atoms with van der Waals surface area (Å²) in [5.74, 6) is 2.61. The van der Waals surface area contributed by atoms with E-state index in [1.807, 2.05) is 0 Å². The number of rotatable bonds is 1. The first-order chi connectivity index (χ1) is 11.3. The molecule has 4 aliphatic carbocycles. The maximum Gasteiger partial charge on any atom is 0.151 e. The number of thioether (sulfide) groups is 1. The van der Waals surface area contributed by atoms with Gasteiger partial charge >= 0.3 is 0 Å². The number of nitrogens with one attached hydrogen (secondary N) is 1. The van der Waals surface area contributed by atoms with Crippen molar-refractivity contribution in [2.45, 2.75) is 70.5 Å². The molecule has 3 saturated carbocycles. The third kappa shape index (κ3) is 2.32. The SMILES string of the molecule is C[C@]12CC[C@@H](SC(=N)N)CC1=CC[C@@H]1[C@@H]2CC[C@]2(C)C(=O)CC[C@@H]12. The van der Waals surface area contributed by atoms with E-state index in [-0.39, 0.29) is 10.6 Å². The molecule has 3 fully saturated rings. The van der Waals surface area contributed by atoms with Gasteiger partial charge < -0.3 is 5.73 Å². The smallest absolute Gasteiger partial charge is 0.151 e. The normalized spacial score (nSPS) is 47.4. The minimum absolute atomic E-state index is 0.0233. The minimum atomic E-state index is -0.0233. The lowest BCUT2D eigenvalue weighted by Crippen LogP contribution is -2.50. The van der Waals surface area contributed by atoms with Crippen molar-refractivity contribution in [3.05, 3.63) is 11.6 Å². The molecule has 0 heterocycles. The lowest BCUT2D eigenvalue weighted by molar-refractivity contribution is -0.131. The second kappa shape index (κ2) is 5.62. The fourth-order valence-corrected chi connectivity index (χ4v) is 7.54. The number of hydrogen-bond donors (Lipinski definition) is 2. The lowest BCUT2D eigenvalue weighted by Gasteiger charge is -2.57. The summed E-state index contributed by atoms with van der Waals surface area (Å²) in [5.41, 5.74) is 7.54. The molecule has 24 heavy (non-hydrogen) atoms. The molecule has 3 N–H and O–H groups in total. The molecule has 0 aliphatic heterocycles. The van der Waals surface area contributed by atoms with Crippen molar-refractivity contribution < 1.29 is 4.79 Å². The van der Waals surface area contributed by atoms with E-state index >= 15 is 0 Å². The molecule has 0 bridgehead atoms. The molecule has 0 radical (unpaired) electrons. The number of Topliss-reactive ketones (excluding diaryl/α,β-unsaturated/α-hetero) is 1. The maximum absolute atomic E-state index is 12.5. The van der Waals surface area contributed by atoms with Crippen LogP contribution >= 0.6 is 11.8 Å². The Bertz CT molecular complexity index is 615. The molecular weight excluding hydrogens is 316 g/mol. The van der Waals surface area contributed by atoms with Crippen LogP contribution in [0.15, 0.2) is 11.6 Å². The molecule has 132 valence electrons. The summed E-state index contributed by atoms with van der Waals surface area (Å²) in [7, 11) is 0. The number of hydrogen-bond acceptors (Lipinski definition) is 3. The van der Waals surface area contributed by atoms with Crippen LogP contribution < -0.4 is 5.73 Å². The zero-order valence-electron chi connectivity index (χ0n) is 14.9. The van der Waals surface area contributed by atoms with E-state index in [0.29, 0.717) is 28.3 Å². The van der Waals surface area contributed by atoms with E-state index in [0.717, 1.165) is 31.6 Å². The van der Waals surface area contributed by atoms with E-state index < -0.39 is 0 Å². The maximum atomic E-state index is 12.5. The van der Waals surface area contributed by atoms with Crippen LogP contribution in [0.4, 0.5) is 0 Å². The molecule has 4 rings (SSSR count). The van der Waals surface area contributed by atoms with E-state index in [4.69, 9.17) is 11.1 Å². The molecular formula is C20H30N2OS. The Morgan fingerprint density at radius 2 is 1.92 bits per heavy atom. The zero-order valence-corrected chi connectivity index (χ0v) is 15.8. The monoisotopic (exact) mass is 346 g/mol. The fraction of sp³-hybridized carbons (Fsp3) is 0.800. The van der Waals surface area contributed by atoms with Gasteiger partial charge in [0.15, 0.2) is 5.17 Å². The van der Waals surface area contributed by atoms with Crippen molar-refractivity contribution in [2.75, 3.05) is 0 Å². The summed E-state index contributed by atoms with van der Waals surface area (Å²) < 4.78 is 0. The molecule has 0 aromatic carbocycles. The summed E-state index contributed by atoms with van der Waals surface area (Å²) in [4.78, 5) is 12.5. The summed E-state index contributed by atoms with van der Waals surface area (Å²) >= 11 is 1.55. The average Bonchev–Trinajstić information content (AvgIpc) is 2.83. The third-order valence-corrected chi connectivity index (χ3v) is 9.05. The quantitative estimate of drug-likeness (QED) is 0.417. The highest BCUT2D eigenvalue weighted by molar-refractivity contribution is 8.14. The number of nitrogens with two attached hydrogens (primary N) is 1. The van der Waals surface area contributed by atoms with Crippen LogP contribution in [0.5, 0.6) is 0 Å². The Morgan fingerprint density at radius 1 is 1.21 bits per heavy atom. The van der Waals surface area contributed by atoms with Gasteiger partial charge in [0.2, 0.25) is 0 Å². The zero-order chi connectivity index (χ0) is 17.1. The van der Waals surface area contributed by atoms with Gasteiger partial charge in [0.1, 0.15) is 5.78 Å². The number of allylic oxidation sites excluding steroid dienone is 2.